The summed E-state index contributed by atoms with van der Waals surface area (Å²) in [5, 5.41) is 0. The summed E-state index contributed by atoms with van der Waals surface area (Å²) in [5.74, 6) is 5.47. The van der Waals surface area contributed by atoms with Crippen LogP contribution in [0.5, 0.6) is 0 Å². The second-order valence-electron chi connectivity index (χ2n) is 5.36. The van der Waals surface area contributed by atoms with Gasteiger partial charge in [0.05, 0.1) is 6.04 Å². The third-order valence-corrected chi connectivity index (χ3v) is 3.51. The fraction of sp³-hybridized carbons (Fsp3) is 0.917. The molecule has 0 saturated carbocycles. The van der Waals surface area contributed by atoms with Gasteiger partial charge in [-0.2, -0.15) is 0 Å². The maximum Gasteiger partial charge on any atom is 0.251 e. The molecule has 5 nitrogen and oxygen atoms in total. The third kappa shape index (κ3) is 3.66. The Labute approximate surface area is 104 Å². The highest BCUT2D eigenvalue weighted by atomic mass is 16.2. The van der Waals surface area contributed by atoms with E-state index in [4.69, 9.17) is 5.84 Å². The van der Waals surface area contributed by atoms with Gasteiger partial charge in [0.15, 0.2) is 0 Å². The van der Waals surface area contributed by atoms with Gasteiger partial charge in [0.2, 0.25) is 0 Å². The maximum atomic E-state index is 11.8. The van der Waals surface area contributed by atoms with E-state index in [0.717, 1.165) is 26.2 Å². The minimum atomic E-state index is -0.102. The van der Waals surface area contributed by atoms with Crippen molar-refractivity contribution in [1.29, 1.82) is 0 Å². The van der Waals surface area contributed by atoms with Gasteiger partial charge in [-0.3, -0.25) is 20.0 Å². The van der Waals surface area contributed by atoms with E-state index in [1.807, 2.05) is 0 Å². The molecule has 3 N–H and O–H groups in total. The van der Waals surface area contributed by atoms with E-state index in [1.165, 1.54) is 0 Å². The Bertz CT molecular complexity index is 247. The monoisotopic (exact) mass is 242 g/mol. The molecule has 0 radical (unpaired) electrons. The average molecular weight is 242 g/mol. The molecule has 0 aliphatic carbocycles. The van der Waals surface area contributed by atoms with Gasteiger partial charge in [-0.25, -0.2) is 5.84 Å². The number of carbonyl (C=O) groups excluding carboxylic acids is 1. The lowest BCUT2D eigenvalue weighted by atomic mass is 10.0. The lowest BCUT2D eigenvalue weighted by Crippen LogP contribution is -2.58. The van der Waals surface area contributed by atoms with Gasteiger partial charge in [-0.05, 0) is 19.8 Å². The van der Waals surface area contributed by atoms with E-state index in [9.17, 15) is 4.79 Å². The van der Waals surface area contributed by atoms with Crippen LogP contribution < -0.4 is 11.3 Å². The Morgan fingerprint density at radius 3 is 1.88 bits per heavy atom. The number of nitrogens with one attached hydrogen (secondary N) is 1. The zero-order chi connectivity index (χ0) is 13.0. The molecule has 100 valence electrons. The van der Waals surface area contributed by atoms with Crippen molar-refractivity contribution < 1.29 is 4.79 Å². The predicted octanol–water partition coefficient (Wildman–Crippen LogP) is 0.0269. The zero-order valence-electron chi connectivity index (χ0n) is 11.4. The van der Waals surface area contributed by atoms with Crippen molar-refractivity contribution in [3.05, 3.63) is 0 Å². The van der Waals surface area contributed by atoms with E-state index < -0.39 is 0 Å². The molecule has 1 unspecified atom stereocenters. The van der Waals surface area contributed by atoms with Crippen LogP contribution in [-0.4, -0.2) is 54.0 Å². The summed E-state index contributed by atoms with van der Waals surface area (Å²) in [7, 11) is 0. The number of rotatable bonds is 4. The molecule has 0 bridgehead atoms. The molecule has 1 amide bonds. The van der Waals surface area contributed by atoms with E-state index in [1.54, 1.807) is 0 Å². The molecular formula is C12H26N4O. The molecule has 1 saturated heterocycles. The van der Waals surface area contributed by atoms with Crippen LogP contribution in [0, 0.1) is 5.92 Å². The van der Waals surface area contributed by atoms with Crippen molar-refractivity contribution in [2.75, 3.05) is 26.2 Å². The molecule has 17 heavy (non-hydrogen) atoms. The van der Waals surface area contributed by atoms with Gasteiger partial charge in [0.1, 0.15) is 0 Å². The Morgan fingerprint density at radius 1 is 1.06 bits per heavy atom. The molecule has 1 aliphatic rings. The summed E-state index contributed by atoms with van der Waals surface area (Å²) in [5.41, 5.74) is 2.28. The van der Waals surface area contributed by atoms with E-state index >= 15 is 0 Å². The third-order valence-electron chi connectivity index (χ3n) is 3.51. The maximum absolute atomic E-state index is 11.8. The van der Waals surface area contributed by atoms with Gasteiger partial charge in [0, 0.05) is 32.2 Å². The first-order chi connectivity index (χ1) is 7.97. The molecule has 0 aromatic carbocycles. The van der Waals surface area contributed by atoms with Crippen molar-refractivity contribution >= 4 is 5.91 Å². The SMILES string of the molecule is CC(C)C(C(=O)NN)N1CCN(C(C)C)CC1. The molecule has 1 aliphatic heterocycles. The van der Waals surface area contributed by atoms with Crippen molar-refractivity contribution in [1.82, 2.24) is 15.2 Å². The largest absolute Gasteiger partial charge is 0.298 e. The first-order valence-electron chi connectivity index (χ1n) is 6.46. The summed E-state index contributed by atoms with van der Waals surface area (Å²) in [6.07, 6.45) is 0. The fourth-order valence-electron chi connectivity index (χ4n) is 2.51. The summed E-state index contributed by atoms with van der Waals surface area (Å²) >= 11 is 0. The number of amides is 1. The first-order valence-corrected chi connectivity index (χ1v) is 6.46. The Balaban J connectivity index is 2.58. The van der Waals surface area contributed by atoms with Gasteiger partial charge < -0.3 is 0 Å². The minimum absolute atomic E-state index is 0.0713. The number of nitrogens with zero attached hydrogens (tertiary/aromatic N) is 2. The normalized spacial score (nSPS) is 20.9. The lowest BCUT2D eigenvalue weighted by Gasteiger charge is -2.41. The van der Waals surface area contributed by atoms with Crippen molar-refractivity contribution in [3.8, 4) is 0 Å². The number of hydrogen-bond donors (Lipinski definition) is 2. The summed E-state index contributed by atoms with van der Waals surface area (Å²) in [6, 6.07) is 0.479. The molecule has 1 atom stereocenters. The Kier molecular flexibility index (Phi) is 5.36. The molecule has 1 fully saturated rings. The van der Waals surface area contributed by atoms with E-state index in [2.05, 4.69) is 42.9 Å². The van der Waals surface area contributed by atoms with Crippen LogP contribution in [0.4, 0.5) is 0 Å². The topological polar surface area (TPSA) is 61.6 Å². The Hall–Kier alpha value is -0.650. The van der Waals surface area contributed by atoms with Crippen LogP contribution in [0.2, 0.25) is 0 Å². The summed E-state index contributed by atoms with van der Waals surface area (Å²) in [4.78, 5) is 16.5. The molecule has 1 heterocycles. The average Bonchev–Trinajstić information content (AvgIpc) is 2.29. The summed E-state index contributed by atoms with van der Waals surface area (Å²) < 4.78 is 0. The highest BCUT2D eigenvalue weighted by Crippen LogP contribution is 2.15. The number of piperazine rings is 1. The standard InChI is InChI=1S/C12H26N4O/c1-9(2)11(12(17)14-13)16-7-5-15(6-8-16)10(3)4/h9-11H,5-8,13H2,1-4H3,(H,14,17). The van der Waals surface area contributed by atoms with Crippen LogP contribution in [-0.2, 0) is 4.79 Å². The van der Waals surface area contributed by atoms with Crippen molar-refractivity contribution in [2.24, 2.45) is 11.8 Å². The lowest BCUT2D eigenvalue weighted by molar-refractivity contribution is -0.129. The van der Waals surface area contributed by atoms with Crippen LogP contribution in [0.3, 0.4) is 0 Å². The quantitative estimate of drug-likeness (QED) is 0.415. The zero-order valence-corrected chi connectivity index (χ0v) is 11.4. The van der Waals surface area contributed by atoms with Crippen molar-refractivity contribution in [3.63, 3.8) is 0 Å². The van der Waals surface area contributed by atoms with Crippen LogP contribution in [0.15, 0.2) is 0 Å². The van der Waals surface area contributed by atoms with Crippen LogP contribution in [0.25, 0.3) is 0 Å². The van der Waals surface area contributed by atoms with E-state index in [-0.39, 0.29) is 17.9 Å². The van der Waals surface area contributed by atoms with Crippen LogP contribution >= 0.6 is 0 Å². The fourth-order valence-corrected chi connectivity index (χ4v) is 2.51. The molecule has 0 aromatic heterocycles. The second kappa shape index (κ2) is 6.33. The highest BCUT2D eigenvalue weighted by Gasteiger charge is 2.31. The minimum Gasteiger partial charge on any atom is -0.298 e. The van der Waals surface area contributed by atoms with E-state index in [0.29, 0.717) is 6.04 Å². The first kappa shape index (κ1) is 14.4. The molecule has 0 aromatic rings. The van der Waals surface area contributed by atoms with Gasteiger partial charge in [0.25, 0.3) is 5.91 Å². The molecule has 0 spiro atoms. The summed E-state index contributed by atoms with van der Waals surface area (Å²) in [6.45, 7) is 12.5. The highest BCUT2D eigenvalue weighted by molar-refractivity contribution is 5.81. The predicted molar refractivity (Wildman–Crippen MR) is 69.2 cm³/mol. The van der Waals surface area contributed by atoms with Gasteiger partial charge in [-0.15, -0.1) is 0 Å². The van der Waals surface area contributed by atoms with Crippen molar-refractivity contribution in [2.45, 2.75) is 39.8 Å². The van der Waals surface area contributed by atoms with Crippen LogP contribution in [0.1, 0.15) is 27.7 Å². The molecular weight excluding hydrogens is 216 g/mol. The number of hydrazine groups is 1. The second-order valence-corrected chi connectivity index (χ2v) is 5.36. The van der Waals surface area contributed by atoms with Gasteiger partial charge in [-0.1, -0.05) is 13.8 Å². The smallest absolute Gasteiger partial charge is 0.251 e. The number of carbonyl (C=O) groups is 1. The van der Waals surface area contributed by atoms with Gasteiger partial charge >= 0.3 is 0 Å². The molecule has 5 heteroatoms. The Morgan fingerprint density at radius 2 is 1.53 bits per heavy atom. The number of hydrogen-bond acceptors (Lipinski definition) is 4. The number of nitrogens with two attached hydrogens (primary N) is 1. The molecule has 1 rings (SSSR count).